The third-order valence-corrected chi connectivity index (χ3v) is 10.0. The molecule has 0 saturated carbocycles. The number of urea groups is 1. The van der Waals surface area contributed by atoms with Crippen LogP contribution in [0.3, 0.4) is 0 Å². The molecule has 6 rings (SSSR count). The number of aliphatic carboxylic acids is 1. The van der Waals surface area contributed by atoms with Crippen molar-refractivity contribution in [1.29, 1.82) is 0 Å². The van der Waals surface area contributed by atoms with Crippen molar-refractivity contribution in [3.8, 4) is 5.75 Å². The topological polar surface area (TPSA) is 175 Å². The van der Waals surface area contributed by atoms with E-state index >= 15 is 0 Å². The zero-order valence-corrected chi connectivity index (χ0v) is 29.4. The fourth-order valence-electron chi connectivity index (χ4n) is 6.98. The maximum atomic E-state index is 13.4. The Morgan fingerprint density at radius 2 is 1.47 bits per heavy atom. The van der Waals surface area contributed by atoms with Gasteiger partial charge in [0.25, 0.3) is 5.91 Å². The molecule has 53 heavy (non-hydrogen) atoms. The number of phenols is 1. The van der Waals surface area contributed by atoms with Crippen molar-refractivity contribution < 1.29 is 29.7 Å². The van der Waals surface area contributed by atoms with Crippen LogP contribution < -0.4 is 16.2 Å². The molecule has 6 N–H and O–H groups in total. The number of amides is 3. The second kappa shape index (κ2) is 16.1. The molecule has 274 valence electrons. The lowest BCUT2D eigenvalue weighted by Crippen LogP contribution is -2.49. The van der Waals surface area contributed by atoms with Gasteiger partial charge in [0.1, 0.15) is 5.75 Å². The number of aliphatic hydroxyl groups excluding tert-OH is 1. The Kier molecular flexibility index (Phi) is 11.2. The van der Waals surface area contributed by atoms with E-state index in [4.69, 9.17) is 0 Å². The first-order valence-electron chi connectivity index (χ1n) is 17.5. The number of carboxylic acid groups (broad SMARTS) is 1. The third-order valence-electron chi connectivity index (χ3n) is 10.0. The van der Waals surface area contributed by atoms with Gasteiger partial charge in [-0.05, 0) is 64.9 Å². The lowest BCUT2D eigenvalue weighted by atomic mass is 9.73. The molecule has 12 heteroatoms. The Balaban J connectivity index is 1.02. The highest BCUT2D eigenvalue weighted by Gasteiger charge is 2.44. The Labute approximate surface area is 306 Å². The summed E-state index contributed by atoms with van der Waals surface area (Å²) in [6, 6.07) is 30.0. The summed E-state index contributed by atoms with van der Waals surface area (Å²) in [6.45, 7) is 2.07. The van der Waals surface area contributed by atoms with E-state index in [9.17, 15) is 34.5 Å². The number of piperidine rings is 1. The monoisotopic (exact) mass is 717 g/mol. The summed E-state index contributed by atoms with van der Waals surface area (Å²) in [5, 5.41) is 37.6. The normalized spacial score (nSPS) is 14.4. The number of nitrogens with zero attached hydrogens (tertiary/aromatic N) is 2. The van der Waals surface area contributed by atoms with Gasteiger partial charge in [-0.3, -0.25) is 14.4 Å². The van der Waals surface area contributed by atoms with Crippen LogP contribution in [0.25, 0.3) is 10.9 Å². The summed E-state index contributed by atoms with van der Waals surface area (Å²) in [5.74, 6) is -1.09. The van der Waals surface area contributed by atoms with Crippen molar-refractivity contribution in [1.82, 2.24) is 25.4 Å². The van der Waals surface area contributed by atoms with Crippen LogP contribution in [-0.4, -0.2) is 74.7 Å². The molecular weight excluding hydrogens is 674 g/mol. The number of nitrogens with one attached hydrogen (secondary N) is 3. The fourth-order valence-corrected chi connectivity index (χ4v) is 6.98. The first-order chi connectivity index (χ1) is 25.6. The molecule has 1 aliphatic rings. The van der Waals surface area contributed by atoms with E-state index in [1.54, 1.807) is 41.1 Å². The Morgan fingerprint density at radius 1 is 0.849 bits per heavy atom. The number of H-pyrrole nitrogens is 1. The van der Waals surface area contributed by atoms with Crippen LogP contribution in [-0.2, 0) is 29.8 Å². The lowest BCUT2D eigenvalue weighted by Gasteiger charge is -2.39. The van der Waals surface area contributed by atoms with Crippen LogP contribution in [0.5, 0.6) is 5.75 Å². The molecule has 0 aliphatic carbocycles. The maximum Gasteiger partial charge on any atom is 0.317 e. The highest BCUT2D eigenvalue weighted by atomic mass is 16.4. The van der Waals surface area contributed by atoms with Crippen LogP contribution in [0.15, 0.2) is 108 Å². The van der Waals surface area contributed by atoms with Gasteiger partial charge < -0.3 is 40.7 Å². The highest BCUT2D eigenvalue weighted by Crippen LogP contribution is 2.36. The van der Waals surface area contributed by atoms with E-state index in [-0.39, 0.29) is 35.3 Å². The number of hydrogen-bond acceptors (Lipinski definition) is 7. The standard InChI is InChI=1S/C41H43N5O7/c1-42-40(53)46(25-28-9-7-27(8-10-28)23-43-24-35(48)32-15-17-34(47)37-33(32)16-18-36(49)44-37)26-29-11-13-30(14-12-29)38(50)45-21-19-41(20-22-45,39(51)52)31-5-3-2-4-6-31/h2-18,35,43,47-48H,19-26H2,1H3,(H,42,53)(H,44,49)(H,51,52)/t35-/m0/s1. The number of aromatic amines is 1. The van der Waals surface area contributed by atoms with Crippen molar-refractivity contribution in [3.05, 3.63) is 147 Å². The van der Waals surface area contributed by atoms with Crippen molar-refractivity contribution in [2.75, 3.05) is 26.7 Å². The zero-order chi connectivity index (χ0) is 37.5. The maximum absolute atomic E-state index is 13.4. The summed E-state index contributed by atoms with van der Waals surface area (Å²) in [4.78, 5) is 56.3. The van der Waals surface area contributed by atoms with Gasteiger partial charge in [0.2, 0.25) is 5.56 Å². The summed E-state index contributed by atoms with van der Waals surface area (Å²) >= 11 is 0. The molecule has 4 aromatic carbocycles. The molecular formula is C41H43N5O7. The number of aromatic nitrogens is 1. The molecule has 12 nitrogen and oxygen atoms in total. The number of aromatic hydroxyl groups is 1. The average molecular weight is 718 g/mol. The van der Waals surface area contributed by atoms with Crippen molar-refractivity contribution in [3.63, 3.8) is 0 Å². The predicted octanol–water partition coefficient (Wildman–Crippen LogP) is 4.66. The molecule has 0 bridgehead atoms. The van der Waals surface area contributed by atoms with Gasteiger partial charge in [-0.2, -0.15) is 0 Å². The zero-order valence-electron chi connectivity index (χ0n) is 29.4. The average Bonchev–Trinajstić information content (AvgIpc) is 3.18. The van der Waals surface area contributed by atoms with Gasteiger partial charge in [-0.15, -0.1) is 0 Å². The first kappa shape index (κ1) is 36.8. The Morgan fingerprint density at radius 3 is 2.09 bits per heavy atom. The second-order valence-corrected chi connectivity index (χ2v) is 13.4. The van der Waals surface area contributed by atoms with Gasteiger partial charge in [0.05, 0.1) is 17.0 Å². The number of rotatable bonds is 12. The molecule has 3 amide bonds. The number of phenolic OH excluding ortho intramolecular Hbond substituents is 1. The van der Waals surface area contributed by atoms with Crippen LogP contribution in [0.1, 0.15) is 57.1 Å². The second-order valence-electron chi connectivity index (χ2n) is 13.4. The minimum Gasteiger partial charge on any atom is -0.506 e. The van der Waals surface area contributed by atoms with Crippen LogP contribution in [0, 0.1) is 0 Å². The van der Waals surface area contributed by atoms with Gasteiger partial charge in [0, 0.05) is 63.3 Å². The SMILES string of the molecule is CNC(=O)N(Cc1ccc(CNC[C@H](O)c2ccc(O)c3[nH]c(=O)ccc23)cc1)Cc1ccc(C(=O)N2CCC(C(=O)O)(c3ccccc3)CC2)cc1. The van der Waals surface area contributed by atoms with E-state index in [1.807, 2.05) is 66.7 Å². The number of aliphatic hydroxyl groups is 1. The van der Waals surface area contributed by atoms with Crippen molar-refractivity contribution in [2.24, 2.45) is 0 Å². The molecule has 1 fully saturated rings. The summed E-state index contributed by atoms with van der Waals surface area (Å²) in [7, 11) is 1.58. The number of hydrogen-bond donors (Lipinski definition) is 6. The van der Waals surface area contributed by atoms with E-state index < -0.39 is 17.5 Å². The minimum absolute atomic E-state index is 0.0631. The molecule has 1 aliphatic heterocycles. The number of pyridine rings is 1. The van der Waals surface area contributed by atoms with Gasteiger partial charge >= 0.3 is 12.0 Å². The Bertz CT molecular complexity index is 2130. The van der Waals surface area contributed by atoms with Crippen molar-refractivity contribution >= 4 is 28.8 Å². The fraction of sp³-hybridized carbons (Fsp3) is 0.268. The third kappa shape index (κ3) is 8.24. The molecule has 1 saturated heterocycles. The van der Waals surface area contributed by atoms with E-state index in [0.29, 0.717) is 62.1 Å². The smallest absolute Gasteiger partial charge is 0.317 e. The molecule has 0 unspecified atom stereocenters. The number of carboxylic acids is 1. The predicted molar refractivity (Wildman–Crippen MR) is 200 cm³/mol. The molecule has 1 aromatic heterocycles. The lowest BCUT2D eigenvalue weighted by molar-refractivity contribution is -0.145. The molecule has 5 aromatic rings. The molecule has 0 spiro atoms. The quantitative estimate of drug-likeness (QED) is 0.108. The van der Waals surface area contributed by atoms with E-state index in [0.717, 1.165) is 22.3 Å². The highest BCUT2D eigenvalue weighted by molar-refractivity contribution is 5.94. The van der Waals surface area contributed by atoms with Crippen molar-refractivity contribution in [2.45, 2.75) is 44.0 Å². The van der Waals surface area contributed by atoms with Gasteiger partial charge in [-0.1, -0.05) is 72.8 Å². The van der Waals surface area contributed by atoms with Crippen LogP contribution in [0.2, 0.25) is 0 Å². The summed E-state index contributed by atoms with van der Waals surface area (Å²) < 4.78 is 0. The molecule has 0 radical (unpaired) electrons. The van der Waals surface area contributed by atoms with Crippen LogP contribution in [0.4, 0.5) is 4.79 Å². The number of likely N-dealkylation sites (tertiary alicyclic amines) is 1. The summed E-state index contributed by atoms with van der Waals surface area (Å²) in [5.41, 5.74) is 3.54. The van der Waals surface area contributed by atoms with Gasteiger partial charge in [-0.25, -0.2) is 4.79 Å². The molecule has 1 atom stereocenters. The Hall–Kier alpha value is -5.98. The largest absolute Gasteiger partial charge is 0.506 e. The summed E-state index contributed by atoms with van der Waals surface area (Å²) in [6.07, 6.45) is -0.205. The number of carbonyl (C=O) groups is 3. The van der Waals surface area contributed by atoms with E-state index in [1.165, 1.54) is 12.1 Å². The first-order valence-corrected chi connectivity index (χ1v) is 17.5. The van der Waals surface area contributed by atoms with Gasteiger partial charge in [0.15, 0.2) is 0 Å². The number of benzene rings is 4. The van der Waals surface area contributed by atoms with Crippen LogP contribution >= 0.6 is 0 Å². The number of carbonyl (C=O) groups excluding carboxylic acids is 2. The molecule has 2 heterocycles. The minimum atomic E-state index is -1.01. The number of fused-ring (bicyclic) bond motifs is 1. The van der Waals surface area contributed by atoms with E-state index in [2.05, 4.69) is 15.6 Å².